The molecule has 0 spiro atoms. The first kappa shape index (κ1) is 18.6. The zero-order valence-electron chi connectivity index (χ0n) is 16.3. The smallest absolute Gasteiger partial charge is 0.213 e. The van der Waals surface area contributed by atoms with Crippen LogP contribution in [-0.2, 0) is 0 Å². The topological polar surface area (TPSA) is 52.8 Å². The number of nitrogens with zero attached hydrogens (tertiary/aromatic N) is 4. The van der Waals surface area contributed by atoms with Crippen LogP contribution in [0.4, 0.5) is 4.39 Å². The van der Waals surface area contributed by atoms with Crippen molar-refractivity contribution in [3.05, 3.63) is 65.9 Å². The van der Waals surface area contributed by atoms with Crippen molar-refractivity contribution in [3.63, 3.8) is 0 Å². The molecule has 1 unspecified atom stereocenters. The SMILES string of the molecule is Cc1ccc(-n2c(C(C)F)nnc2C2CCC(Oc3ccccn3)CC2)cc1. The van der Waals surface area contributed by atoms with Crippen LogP contribution in [0.5, 0.6) is 5.88 Å². The quantitative estimate of drug-likeness (QED) is 0.617. The Hall–Kier alpha value is -2.76. The minimum Gasteiger partial charge on any atom is -0.474 e. The number of aryl methyl sites for hydroxylation is 1. The molecule has 3 aromatic rings. The van der Waals surface area contributed by atoms with Gasteiger partial charge in [0.25, 0.3) is 0 Å². The maximum Gasteiger partial charge on any atom is 0.213 e. The summed E-state index contributed by atoms with van der Waals surface area (Å²) < 4.78 is 22.1. The summed E-state index contributed by atoms with van der Waals surface area (Å²) in [5, 5.41) is 8.56. The molecule has 0 bridgehead atoms. The number of ether oxygens (including phenoxy) is 1. The van der Waals surface area contributed by atoms with Crippen LogP contribution >= 0.6 is 0 Å². The summed E-state index contributed by atoms with van der Waals surface area (Å²) in [5.41, 5.74) is 2.08. The van der Waals surface area contributed by atoms with Crippen LogP contribution < -0.4 is 4.74 Å². The Bertz CT molecular complexity index is 900. The molecule has 146 valence electrons. The van der Waals surface area contributed by atoms with Gasteiger partial charge in [0.05, 0.1) is 0 Å². The highest BCUT2D eigenvalue weighted by molar-refractivity contribution is 5.37. The van der Waals surface area contributed by atoms with Crippen molar-refractivity contribution in [1.29, 1.82) is 0 Å². The summed E-state index contributed by atoms with van der Waals surface area (Å²) in [4.78, 5) is 4.24. The lowest BCUT2D eigenvalue weighted by Gasteiger charge is -2.28. The van der Waals surface area contributed by atoms with Crippen molar-refractivity contribution in [1.82, 2.24) is 19.7 Å². The fourth-order valence-corrected chi connectivity index (χ4v) is 3.82. The Morgan fingerprint density at radius 1 is 1.04 bits per heavy atom. The van der Waals surface area contributed by atoms with Gasteiger partial charge < -0.3 is 4.74 Å². The minimum absolute atomic E-state index is 0.154. The number of pyridine rings is 1. The molecule has 1 atom stereocenters. The van der Waals surface area contributed by atoms with Gasteiger partial charge in [-0.25, -0.2) is 9.37 Å². The van der Waals surface area contributed by atoms with E-state index in [9.17, 15) is 4.39 Å². The summed E-state index contributed by atoms with van der Waals surface area (Å²) in [6, 6.07) is 13.8. The highest BCUT2D eigenvalue weighted by atomic mass is 19.1. The van der Waals surface area contributed by atoms with E-state index in [4.69, 9.17) is 4.74 Å². The first-order chi connectivity index (χ1) is 13.6. The molecule has 1 aromatic carbocycles. The number of hydrogen-bond acceptors (Lipinski definition) is 4. The van der Waals surface area contributed by atoms with Crippen molar-refractivity contribution in [2.45, 2.75) is 57.7 Å². The number of benzene rings is 1. The van der Waals surface area contributed by atoms with Gasteiger partial charge in [-0.3, -0.25) is 4.57 Å². The molecule has 0 radical (unpaired) electrons. The molecule has 1 aliphatic rings. The van der Waals surface area contributed by atoms with E-state index in [1.165, 1.54) is 12.5 Å². The first-order valence-electron chi connectivity index (χ1n) is 9.86. The standard InChI is InChI=1S/C22H25FN4O/c1-15-6-10-18(11-7-15)27-21(16(2)23)25-26-22(27)17-8-12-19(13-9-17)28-20-5-3-4-14-24-20/h3-7,10-11,14,16-17,19H,8-9,12-13H2,1-2H3. The van der Waals surface area contributed by atoms with E-state index in [1.54, 1.807) is 6.20 Å². The molecule has 0 N–H and O–H groups in total. The van der Waals surface area contributed by atoms with Gasteiger partial charge in [0.15, 0.2) is 12.0 Å². The lowest BCUT2D eigenvalue weighted by atomic mass is 9.86. The Morgan fingerprint density at radius 2 is 1.79 bits per heavy atom. The van der Waals surface area contributed by atoms with Gasteiger partial charge >= 0.3 is 0 Å². The van der Waals surface area contributed by atoms with Crippen LogP contribution in [0.1, 0.15) is 61.9 Å². The second-order valence-electron chi connectivity index (χ2n) is 7.46. The van der Waals surface area contributed by atoms with E-state index in [2.05, 4.69) is 15.2 Å². The van der Waals surface area contributed by atoms with Crippen molar-refractivity contribution in [3.8, 4) is 11.6 Å². The van der Waals surface area contributed by atoms with Gasteiger partial charge in [-0.15, -0.1) is 10.2 Å². The first-order valence-corrected chi connectivity index (χ1v) is 9.86. The van der Waals surface area contributed by atoms with Gasteiger partial charge in [0.1, 0.15) is 11.9 Å². The van der Waals surface area contributed by atoms with Gasteiger partial charge in [0, 0.05) is 23.9 Å². The lowest BCUT2D eigenvalue weighted by Crippen LogP contribution is -2.25. The van der Waals surface area contributed by atoms with Crippen LogP contribution in [0.15, 0.2) is 48.7 Å². The van der Waals surface area contributed by atoms with Crippen molar-refractivity contribution < 1.29 is 9.13 Å². The van der Waals surface area contributed by atoms with Crippen LogP contribution in [0.25, 0.3) is 5.69 Å². The van der Waals surface area contributed by atoms with E-state index < -0.39 is 6.17 Å². The molecule has 1 fully saturated rings. The average Bonchev–Trinajstić information content (AvgIpc) is 3.15. The van der Waals surface area contributed by atoms with E-state index in [-0.39, 0.29) is 12.0 Å². The molecule has 0 saturated heterocycles. The number of rotatable bonds is 5. The molecule has 4 rings (SSSR count). The van der Waals surface area contributed by atoms with Crippen molar-refractivity contribution in [2.24, 2.45) is 0 Å². The molecule has 0 aliphatic heterocycles. The van der Waals surface area contributed by atoms with Crippen LogP contribution in [0, 0.1) is 6.92 Å². The highest BCUT2D eigenvalue weighted by Crippen LogP contribution is 2.35. The molecule has 6 heteroatoms. The molecule has 5 nitrogen and oxygen atoms in total. The minimum atomic E-state index is -1.17. The summed E-state index contributed by atoms with van der Waals surface area (Å²) in [7, 11) is 0. The molecule has 1 saturated carbocycles. The van der Waals surface area contributed by atoms with E-state index in [1.807, 2.05) is 54.0 Å². The summed E-state index contributed by atoms with van der Waals surface area (Å²) in [6.45, 7) is 3.55. The Labute approximate surface area is 164 Å². The van der Waals surface area contributed by atoms with Crippen molar-refractivity contribution >= 4 is 0 Å². The fraction of sp³-hybridized carbons (Fsp3) is 0.409. The van der Waals surface area contributed by atoms with E-state index in [0.717, 1.165) is 37.2 Å². The zero-order valence-corrected chi connectivity index (χ0v) is 16.3. The monoisotopic (exact) mass is 380 g/mol. The Balaban J connectivity index is 1.53. The van der Waals surface area contributed by atoms with Crippen molar-refractivity contribution in [2.75, 3.05) is 0 Å². The second-order valence-corrected chi connectivity index (χ2v) is 7.46. The van der Waals surface area contributed by atoms with Gasteiger partial charge in [0.2, 0.25) is 5.88 Å². The third kappa shape index (κ3) is 3.91. The molecule has 0 amide bonds. The third-order valence-corrected chi connectivity index (χ3v) is 5.33. The summed E-state index contributed by atoms with van der Waals surface area (Å²) >= 11 is 0. The number of aromatic nitrogens is 4. The normalized spacial score (nSPS) is 20.7. The molecule has 2 aromatic heterocycles. The third-order valence-electron chi connectivity index (χ3n) is 5.33. The van der Waals surface area contributed by atoms with Gasteiger partial charge in [-0.2, -0.15) is 0 Å². The largest absolute Gasteiger partial charge is 0.474 e. The Kier molecular flexibility index (Phi) is 5.37. The molecular weight excluding hydrogens is 355 g/mol. The number of hydrogen-bond donors (Lipinski definition) is 0. The predicted octanol–water partition coefficient (Wildman–Crippen LogP) is 5.11. The maximum absolute atomic E-state index is 14.2. The Morgan fingerprint density at radius 3 is 2.43 bits per heavy atom. The summed E-state index contributed by atoms with van der Waals surface area (Å²) in [5.74, 6) is 2.12. The zero-order chi connectivity index (χ0) is 19.5. The van der Waals surface area contributed by atoms with Gasteiger partial charge in [-0.05, 0) is 57.7 Å². The number of alkyl halides is 1. The van der Waals surface area contributed by atoms with Crippen LogP contribution in [0.3, 0.4) is 0 Å². The van der Waals surface area contributed by atoms with E-state index >= 15 is 0 Å². The second kappa shape index (κ2) is 8.09. The van der Waals surface area contributed by atoms with E-state index in [0.29, 0.717) is 11.7 Å². The molecular formula is C22H25FN4O. The van der Waals surface area contributed by atoms with Crippen LogP contribution in [0.2, 0.25) is 0 Å². The highest BCUT2D eigenvalue weighted by Gasteiger charge is 2.29. The maximum atomic E-state index is 14.2. The lowest BCUT2D eigenvalue weighted by molar-refractivity contribution is 0.139. The van der Waals surface area contributed by atoms with Gasteiger partial charge in [-0.1, -0.05) is 23.8 Å². The fourth-order valence-electron chi connectivity index (χ4n) is 3.82. The molecule has 2 heterocycles. The summed E-state index contributed by atoms with van der Waals surface area (Å²) in [6.07, 6.45) is 4.42. The number of halogens is 1. The molecule has 1 aliphatic carbocycles. The average molecular weight is 380 g/mol. The predicted molar refractivity (Wildman–Crippen MR) is 105 cm³/mol. The molecule has 28 heavy (non-hydrogen) atoms. The van der Waals surface area contributed by atoms with Crippen LogP contribution in [-0.4, -0.2) is 25.9 Å².